The highest BCUT2D eigenvalue weighted by atomic mass is 16.5. The van der Waals surface area contributed by atoms with Crippen molar-refractivity contribution in [1.82, 2.24) is 0 Å². The Morgan fingerprint density at radius 2 is 1.53 bits per heavy atom. The van der Waals surface area contributed by atoms with Crippen LogP contribution in [0.5, 0.6) is 11.5 Å². The predicted octanol–water partition coefficient (Wildman–Crippen LogP) is 1.37. The van der Waals surface area contributed by atoms with Gasteiger partial charge in [0.05, 0.1) is 21.3 Å². The van der Waals surface area contributed by atoms with Crippen LogP contribution in [0.3, 0.4) is 0 Å². The van der Waals surface area contributed by atoms with E-state index in [-0.39, 0.29) is 5.56 Å². The van der Waals surface area contributed by atoms with Crippen molar-refractivity contribution in [3.05, 3.63) is 23.3 Å². The number of hydrogen-bond acceptors (Lipinski definition) is 5. The van der Waals surface area contributed by atoms with Gasteiger partial charge in [0.25, 0.3) is 5.78 Å². The first-order valence-corrected chi connectivity index (χ1v) is 4.90. The SMILES string of the molecule is COC(=O)C(=O)c1cc(OC)c(OC)cc1C. The number of methoxy groups -OCH3 is 3. The summed E-state index contributed by atoms with van der Waals surface area (Å²) >= 11 is 0. The number of esters is 1. The lowest BCUT2D eigenvalue weighted by Gasteiger charge is -2.11. The molecule has 0 saturated carbocycles. The van der Waals surface area contributed by atoms with Gasteiger partial charge in [0.2, 0.25) is 0 Å². The highest BCUT2D eigenvalue weighted by Gasteiger charge is 2.21. The van der Waals surface area contributed by atoms with Crippen LogP contribution in [-0.2, 0) is 9.53 Å². The second-order valence-electron chi connectivity index (χ2n) is 3.34. The molecular formula is C12H14O5. The van der Waals surface area contributed by atoms with Crippen LogP contribution in [0.2, 0.25) is 0 Å². The molecule has 0 N–H and O–H groups in total. The minimum atomic E-state index is -0.902. The Morgan fingerprint density at radius 3 is 2.00 bits per heavy atom. The largest absolute Gasteiger partial charge is 0.493 e. The van der Waals surface area contributed by atoms with Gasteiger partial charge < -0.3 is 14.2 Å². The minimum Gasteiger partial charge on any atom is -0.493 e. The van der Waals surface area contributed by atoms with Gasteiger partial charge in [-0.2, -0.15) is 0 Å². The van der Waals surface area contributed by atoms with Crippen LogP contribution >= 0.6 is 0 Å². The van der Waals surface area contributed by atoms with E-state index < -0.39 is 11.8 Å². The van der Waals surface area contributed by atoms with Gasteiger partial charge in [0, 0.05) is 5.56 Å². The topological polar surface area (TPSA) is 61.8 Å². The minimum absolute atomic E-state index is 0.245. The highest BCUT2D eigenvalue weighted by molar-refractivity contribution is 6.41. The van der Waals surface area contributed by atoms with Crippen molar-refractivity contribution in [2.24, 2.45) is 0 Å². The third-order valence-electron chi connectivity index (χ3n) is 2.35. The summed E-state index contributed by atoms with van der Waals surface area (Å²) < 4.78 is 14.5. The summed E-state index contributed by atoms with van der Waals surface area (Å²) in [6, 6.07) is 3.10. The van der Waals surface area contributed by atoms with Crippen LogP contribution in [0.25, 0.3) is 0 Å². The Morgan fingerprint density at radius 1 is 1.00 bits per heavy atom. The summed E-state index contributed by atoms with van der Waals surface area (Å²) in [4.78, 5) is 22.9. The summed E-state index contributed by atoms with van der Waals surface area (Å²) in [5.74, 6) is -0.706. The highest BCUT2D eigenvalue weighted by Crippen LogP contribution is 2.30. The van der Waals surface area contributed by atoms with Crippen LogP contribution in [0.15, 0.2) is 12.1 Å². The Bertz CT molecular complexity index is 450. The number of carbonyl (C=O) groups is 2. The number of carbonyl (C=O) groups excluding carboxylic acids is 2. The number of ether oxygens (including phenoxy) is 3. The number of Topliss-reactive ketones (excluding diaryl/α,β-unsaturated/α-hetero) is 1. The van der Waals surface area contributed by atoms with Crippen molar-refractivity contribution in [3.63, 3.8) is 0 Å². The Kier molecular flexibility index (Phi) is 4.09. The molecule has 17 heavy (non-hydrogen) atoms. The van der Waals surface area contributed by atoms with E-state index in [0.717, 1.165) is 7.11 Å². The van der Waals surface area contributed by atoms with Gasteiger partial charge in [-0.3, -0.25) is 4.79 Å². The summed E-state index contributed by atoms with van der Waals surface area (Å²) in [5, 5.41) is 0. The van der Waals surface area contributed by atoms with E-state index in [0.29, 0.717) is 17.1 Å². The van der Waals surface area contributed by atoms with Crippen LogP contribution in [0.4, 0.5) is 0 Å². The Labute approximate surface area is 99.3 Å². The van der Waals surface area contributed by atoms with Gasteiger partial charge >= 0.3 is 5.97 Å². The first kappa shape index (κ1) is 13.0. The molecule has 1 rings (SSSR count). The molecule has 5 nitrogen and oxygen atoms in total. The average Bonchev–Trinajstić information content (AvgIpc) is 2.36. The maximum absolute atomic E-state index is 11.7. The molecule has 0 amide bonds. The molecule has 5 heteroatoms. The molecule has 0 aromatic heterocycles. The van der Waals surface area contributed by atoms with Gasteiger partial charge in [0.15, 0.2) is 11.5 Å². The molecule has 92 valence electrons. The van der Waals surface area contributed by atoms with E-state index in [2.05, 4.69) is 4.74 Å². The van der Waals surface area contributed by atoms with Crippen molar-refractivity contribution in [1.29, 1.82) is 0 Å². The number of benzene rings is 1. The molecule has 0 aliphatic carbocycles. The molecule has 0 aliphatic heterocycles. The van der Waals surface area contributed by atoms with Gasteiger partial charge in [-0.05, 0) is 24.6 Å². The zero-order valence-electron chi connectivity index (χ0n) is 10.2. The van der Waals surface area contributed by atoms with Gasteiger partial charge in [-0.15, -0.1) is 0 Å². The maximum Gasteiger partial charge on any atom is 0.379 e. The quantitative estimate of drug-likeness (QED) is 0.450. The third-order valence-corrected chi connectivity index (χ3v) is 2.35. The second kappa shape index (κ2) is 5.34. The lowest BCUT2D eigenvalue weighted by molar-refractivity contribution is -0.135. The summed E-state index contributed by atoms with van der Waals surface area (Å²) in [6.07, 6.45) is 0. The first-order valence-electron chi connectivity index (χ1n) is 4.90. The average molecular weight is 238 g/mol. The molecule has 1 aromatic carbocycles. The molecule has 0 atom stereocenters. The first-order chi connectivity index (χ1) is 8.04. The van der Waals surface area contributed by atoms with Crippen molar-refractivity contribution in [2.75, 3.05) is 21.3 Å². The molecule has 0 heterocycles. The molecule has 0 radical (unpaired) electrons. The fourth-order valence-corrected chi connectivity index (χ4v) is 1.43. The fourth-order valence-electron chi connectivity index (χ4n) is 1.43. The Hall–Kier alpha value is -2.04. The van der Waals surface area contributed by atoms with Gasteiger partial charge in [-0.1, -0.05) is 0 Å². The van der Waals surface area contributed by atoms with Crippen LogP contribution in [0.1, 0.15) is 15.9 Å². The smallest absolute Gasteiger partial charge is 0.379 e. The molecular weight excluding hydrogens is 224 g/mol. The maximum atomic E-state index is 11.7. The van der Waals surface area contributed by atoms with E-state index in [9.17, 15) is 9.59 Å². The third kappa shape index (κ3) is 2.55. The van der Waals surface area contributed by atoms with E-state index in [1.807, 2.05) is 0 Å². The number of hydrogen-bond donors (Lipinski definition) is 0. The van der Waals surface area contributed by atoms with Crippen LogP contribution < -0.4 is 9.47 Å². The molecule has 0 spiro atoms. The molecule has 0 bridgehead atoms. The molecule has 0 saturated heterocycles. The standard InChI is InChI=1S/C12H14O5/c1-7-5-9(15-2)10(16-3)6-8(7)11(13)12(14)17-4/h5-6H,1-4H3. The number of aryl methyl sites for hydroxylation is 1. The zero-order chi connectivity index (χ0) is 13.0. The van der Waals surface area contributed by atoms with Gasteiger partial charge in [-0.25, -0.2) is 4.79 Å². The molecule has 0 unspecified atom stereocenters. The van der Waals surface area contributed by atoms with E-state index in [1.165, 1.54) is 20.3 Å². The summed E-state index contributed by atoms with van der Waals surface area (Å²) in [5.41, 5.74) is 0.868. The monoisotopic (exact) mass is 238 g/mol. The summed E-state index contributed by atoms with van der Waals surface area (Å²) in [6.45, 7) is 1.71. The van der Waals surface area contributed by atoms with Crippen molar-refractivity contribution in [2.45, 2.75) is 6.92 Å². The van der Waals surface area contributed by atoms with Crippen LogP contribution in [0, 0.1) is 6.92 Å². The van der Waals surface area contributed by atoms with Crippen LogP contribution in [-0.4, -0.2) is 33.1 Å². The Balaban J connectivity index is 3.26. The van der Waals surface area contributed by atoms with Crippen molar-refractivity contribution >= 4 is 11.8 Å². The summed E-state index contributed by atoms with van der Waals surface area (Å²) in [7, 11) is 4.12. The lowest BCUT2D eigenvalue weighted by Crippen LogP contribution is -2.17. The van der Waals surface area contributed by atoms with Crippen molar-refractivity contribution < 1.29 is 23.8 Å². The van der Waals surface area contributed by atoms with Crippen molar-refractivity contribution in [3.8, 4) is 11.5 Å². The second-order valence-corrected chi connectivity index (χ2v) is 3.34. The van der Waals surface area contributed by atoms with E-state index >= 15 is 0 Å². The van der Waals surface area contributed by atoms with E-state index in [1.54, 1.807) is 13.0 Å². The fraction of sp³-hybridized carbons (Fsp3) is 0.333. The van der Waals surface area contributed by atoms with E-state index in [4.69, 9.17) is 9.47 Å². The van der Waals surface area contributed by atoms with Gasteiger partial charge in [0.1, 0.15) is 0 Å². The molecule has 0 fully saturated rings. The number of ketones is 1. The normalized spacial score (nSPS) is 9.65. The zero-order valence-corrected chi connectivity index (χ0v) is 10.2. The predicted molar refractivity (Wildman–Crippen MR) is 60.6 cm³/mol. The molecule has 0 aliphatic rings. The molecule has 1 aromatic rings. The lowest BCUT2D eigenvalue weighted by atomic mass is 10.0. The number of rotatable bonds is 4.